The first kappa shape index (κ1) is 11.4. The van der Waals surface area contributed by atoms with Crippen LogP contribution in [-0.2, 0) is 0 Å². The summed E-state index contributed by atoms with van der Waals surface area (Å²) < 4.78 is 0. The molecule has 0 amide bonds. The van der Waals surface area contributed by atoms with Crippen LogP contribution < -0.4 is 5.32 Å². The van der Waals surface area contributed by atoms with Crippen LogP contribution in [0.2, 0.25) is 0 Å². The van der Waals surface area contributed by atoms with Gasteiger partial charge >= 0.3 is 0 Å². The Balaban J connectivity index is 2.00. The molecule has 2 rings (SSSR count). The van der Waals surface area contributed by atoms with E-state index < -0.39 is 0 Å². The number of phenolic OH excluding ortho intramolecular Hbond substituents is 1. The normalized spacial score (nSPS) is 17.0. The molecule has 1 fully saturated rings. The van der Waals surface area contributed by atoms with E-state index in [4.69, 9.17) is 12.2 Å². The maximum Gasteiger partial charge on any atom is 0.125 e. The molecule has 1 aromatic rings. The van der Waals surface area contributed by atoms with Crippen molar-refractivity contribution in [2.45, 2.75) is 38.1 Å². The van der Waals surface area contributed by atoms with Crippen molar-refractivity contribution >= 4 is 17.2 Å². The maximum absolute atomic E-state index is 9.68. The van der Waals surface area contributed by atoms with Crippen molar-refractivity contribution < 1.29 is 5.11 Å². The van der Waals surface area contributed by atoms with E-state index in [0.29, 0.717) is 11.0 Å². The van der Waals surface area contributed by atoms with Crippen LogP contribution in [0.4, 0.5) is 0 Å². The third-order valence-corrected chi connectivity index (χ3v) is 3.43. The molecule has 2 nitrogen and oxygen atoms in total. The van der Waals surface area contributed by atoms with E-state index in [2.05, 4.69) is 5.32 Å². The second kappa shape index (κ2) is 5.30. The van der Waals surface area contributed by atoms with Crippen molar-refractivity contribution in [3.8, 4) is 5.75 Å². The zero-order valence-corrected chi connectivity index (χ0v) is 10.1. The Labute approximate surface area is 102 Å². The predicted molar refractivity (Wildman–Crippen MR) is 69.8 cm³/mol. The number of para-hydroxylation sites is 1. The van der Waals surface area contributed by atoms with Gasteiger partial charge in [-0.1, -0.05) is 43.6 Å². The molecule has 1 saturated carbocycles. The average molecular weight is 235 g/mol. The van der Waals surface area contributed by atoms with Gasteiger partial charge in [0.1, 0.15) is 10.7 Å². The molecule has 0 aromatic heterocycles. The van der Waals surface area contributed by atoms with Gasteiger partial charge in [0.15, 0.2) is 0 Å². The van der Waals surface area contributed by atoms with Crippen LogP contribution in [0.3, 0.4) is 0 Å². The molecule has 3 heteroatoms. The first-order valence-corrected chi connectivity index (χ1v) is 6.27. The van der Waals surface area contributed by atoms with Gasteiger partial charge in [0.25, 0.3) is 0 Å². The van der Waals surface area contributed by atoms with Gasteiger partial charge in [-0.15, -0.1) is 0 Å². The molecular formula is C13H17NOS. The minimum atomic E-state index is 0.260. The second-order valence-corrected chi connectivity index (χ2v) is 4.73. The topological polar surface area (TPSA) is 32.3 Å². The molecule has 2 N–H and O–H groups in total. The number of nitrogens with one attached hydrogen (secondary N) is 1. The fourth-order valence-electron chi connectivity index (χ4n) is 2.18. The lowest BCUT2D eigenvalue weighted by Crippen LogP contribution is -2.35. The predicted octanol–water partition coefficient (Wildman–Crippen LogP) is 2.99. The molecule has 0 spiro atoms. The van der Waals surface area contributed by atoms with Crippen LogP contribution in [0.5, 0.6) is 5.75 Å². The summed E-state index contributed by atoms with van der Waals surface area (Å²) in [6.45, 7) is 0. The van der Waals surface area contributed by atoms with Gasteiger partial charge < -0.3 is 10.4 Å². The first-order valence-electron chi connectivity index (χ1n) is 5.86. The van der Waals surface area contributed by atoms with Gasteiger partial charge in [-0.2, -0.15) is 0 Å². The summed E-state index contributed by atoms with van der Waals surface area (Å²) in [6.07, 6.45) is 6.27. The molecule has 0 heterocycles. The smallest absolute Gasteiger partial charge is 0.125 e. The van der Waals surface area contributed by atoms with Crippen molar-refractivity contribution in [2.24, 2.45) is 0 Å². The molecule has 0 bridgehead atoms. The van der Waals surface area contributed by atoms with Crippen molar-refractivity contribution in [1.82, 2.24) is 5.32 Å². The number of hydrogen-bond acceptors (Lipinski definition) is 2. The number of phenols is 1. The van der Waals surface area contributed by atoms with Crippen LogP contribution in [0.15, 0.2) is 24.3 Å². The molecule has 0 unspecified atom stereocenters. The highest BCUT2D eigenvalue weighted by Crippen LogP contribution is 2.20. The molecule has 0 atom stereocenters. The highest BCUT2D eigenvalue weighted by atomic mass is 32.1. The molecule has 16 heavy (non-hydrogen) atoms. The summed E-state index contributed by atoms with van der Waals surface area (Å²) in [7, 11) is 0. The van der Waals surface area contributed by atoms with E-state index in [1.165, 1.54) is 32.1 Å². The highest BCUT2D eigenvalue weighted by Gasteiger charge is 2.15. The fourth-order valence-corrected chi connectivity index (χ4v) is 2.51. The molecule has 1 aromatic carbocycles. The van der Waals surface area contributed by atoms with E-state index >= 15 is 0 Å². The lowest BCUT2D eigenvalue weighted by atomic mass is 9.95. The largest absolute Gasteiger partial charge is 0.507 e. The number of thiocarbonyl (C=S) groups is 1. The van der Waals surface area contributed by atoms with Crippen LogP contribution in [0, 0.1) is 0 Å². The number of aromatic hydroxyl groups is 1. The zero-order valence-electron chi connectivity index (χ0n) is 9.28. The standard InChI is InChI=1S/C13H17NOS/c15-12-9-5-4-8-11(12)13(16)14-10-6-2-1-3-7-10/h4-5,8-10,15H,1-3,6-7H2,(H,14,16). The van der Waals surface area contributed by atoms with Crippen molar-refractivity contribution in [2.75, 3.05) is 0 Å². The second-order valence-electron chi connectivity index (χ2n) is 4.33. The van der Waals surface area contributed by atoms with Gasteiger partial charge in [0.2, 0.25) is 0 Å². The Morgan fingerprint density at radius 2 is 1.88 bits per heavy atom. The summed E-state index contributed by atoms with van der Waals surface area (Å²) in [5.74, 6) is 0.260. The Morgan fingerprint density at radius 3 is 2.56 bits per heavy atom. The Hall–Kier alpha value is -1.09. The minimum absolute atomic E-state index is 0.260. The quantitative estimate of drug-likeness (QED) is 0.773. The summed E-state index contributed by atoms with van der Waals surface area (Å²) in [5.41, 5.74) is 0.739. The van der Waals surface area contributed by atoms with E-state index in [9.17, 15) is 5.11 Å². The van der Waals surface area contributed by atoms with Crippen LogP contribution in [0.25, 0.3) is 0 Å². The lowest BCUT2D eigenvalue weighted by Gasteiger charge is -2.24. The first-order chi connectivity index (χ1) is 7.77. The average Bonchev–Trinajstić information content (AvgIpc) is 2.31. The SMILES string of the molecule is Oc1ccccc1C(=S)NC1CCCCC1. The van der Waals surface area contributed by atoms with Crippen LogP contribution in [-0.4, -0.2) is 16.1 Å². The lowest BCUT2D eigenvalue weighted by molar-refractivity contribution is 0.414. The number of benzene rings is 1. The van der Waals surface area contributed by atoms with Crippen LogP contribution >= 0.6 is 12.2 Å². The van der Waals surface area contributed by atoms with Gasteiger partial charge in [-0.25, -0.2) is 0 Å². The minimum Gasteiger partial charge on any atom is -0.507 e. The number of rotatable bonds is 2. The van der Waals surface area contributed by atoms with E-state index in [0.717, 1.165) is 5.56 Å². The summed E-state index contributed by atoms with van der Waals surface area (Å²) >= 11 is 5.32. The Kier molecular flexibility index (Phi) is 3.78. The van der Waals surface area contributed by atoms with E-state index in [1.54, 1.807) is 6.07 Å². The third-order valence-electron chi connectivity index (χ3n) is 3.09. The fraction of sp³-hybridized carbons (Fsp3) is 0.462. The molecular weight excluding hydrogens is 218 g/mol. The Bertz CT molecular complexity index is 372. The molecule has 86 valence electrons. The van der Waals surface area contributed by atoms with Crippen molar-refractivity contribution in [3.63, 3.8) is 0 Å². The van der Waals surface area contributed by atoms with Gasteiger partial charge in [-0.05, 0) is 25.0 Å². The van der Waals surface area contributed by atoms with E-state index in [1.807, 2.05) is 18.2 Å². The van der Waals surface area contributed by atoms with Crippen molar-refractivity contribution in [1.29, 1.82) is 0 Å². The van der Waals surface area contributed by atoms with Crippen molar-refractivity contribution in [3.05, 3.63) is 29.8 Å². The third kappa shape index (κ3) is 2.73. The molecule has 0 radical (unpaired) electrons. The number of hydrogen-bond donors (Lipinski definition) is 2. The molecule has 1 aliphatic carbocycles. The molecule has 0 aliphatic heterocycles. The van der Waals surface area contributed by atoms with E-state index in [-0.39, 0.29) is 5.75 Å². The molecule has 1 aliphatic rings. The van der Waals surface area contributed by atoms with Gasteiger partial charge in [0, 0.05) is 6.04 Å². The highest BCUT2D eigenvalue weighted by molar-refractivity contribution is 7.80. The maximum atomic E-state index is 9.68. The van der Waals surface area contributed by atoms with Crippen LogP contribution in [0.1, 0.15) is 37.7 Å². The summed E-state index contributed by atoms with van der Waals surface area (Å²) in [5, 5.41) is 13.0. The van der Waals surface area contributed by atoms with Gasteiger partial charge in [0.05, 0.1) is 5.56 Å². The van der Waals surface area contributed by atoms with Gasteiger partial charge in [-0.3, -0.25) is 0 Å². The molecule has 0 saturated heterocycles. The monoisotopic (exact) mass is 235 g/mol. The zero-order chi connectivity index (χ0) is 11.4. The Morgan fingerprint density at radius 1 is 1.19 bits per heavy atom. The summed E-state index contributed by atoms with van der Waals surface area (Å²) in [6, 6.07) is 7.71. The summed E-state index contributed by atoms with van der Waals surface area (Å²) in [4.78, 5) is 0.671.